The SMILES string of the molecule is CC(C)CCC[C@@H](C)[C@H]1CC[C@H]2[C@@H]3C(=O)C=C4C[C@H](c5ccccc5)CC[C@]4(C)[C@H]3CC[C@]12C. The first-order valence-electron chi connectivity index (χ1n) is 14.5. The zero-order valence-electron chi connectivity index (χ0n) is 22.5. The quantitative estimate of drug-likeness (QED) is 0.414. The van der Waals surface area contributed by atoms with Gasteiger partial charge in [-0.25, -0.2) is 0 Å². The fourth-order valence-corrected chi connectivity index (χ4v) is 9.44. The molecule has 0 bridgehead atoms. The molecule has 3 fully saturated rings. The van der Waals surface area contributed by atoms with Crippen LogP contribution in [0.1, 0.15) is 110 Å². The summed E-state index contributed by atoms with van der Waals surface area (Å²) in [6.07, 6.45) is 15.1. The standard InChI is InChI=1S/C33H48O/c1-22(2)10-9-11-23(3)27-14-15-28-31-29(17-19-33(27,28)5)32(4)18-16-25(20-26(32)21-30(31)34)24-12-7-6-8-13-24/h6-8,12-13,21-23,25,27-29,31H,9-11,14-20H2,1-5H3/t23-,25-,27-,28+,29+,31+,32+,33-/m1/s1. The molecule has 4 aliphatic rings. The van der Waals surface area contributed by atoms with E-state index in [0.29, 0.717) is 29.0 Å². The molecule has 186 valence electrons. The van der Waals surface area contributed by atoms with E-state index in [1.807, 2.05) is 0 Å². The summed E-state index contributed by atoms with van der Waals surface area (Å²) in [5, 5.41) is 0. The number of benzene rings is 1. The van der Waals surface area contributed by atoms with E-state index in [0.717, 1.165) is 24.2 Å². The second-order valence-corrected chi connectivity index (χ2v) is 13.6. The number of ketones is 1. The van der Waals surface area contributed by atoms with Crippen molar-refractivity contribution in [3.05, 3.63) is 47.5 Å². The van der Waals surface area contributed by atoms with Gasteiger partial charge in [-0.05, 0) is 103 Å². The number of fused-ring (bicyclic) bond motifs is 5. The second-order valence-electron chi connectivity index (χ2n) is 13.6. The number of rotatable bonds is 6. The van der Waals surface area contributed by atoms with Gasteiger partial charge in [-0.1, -0.05) is 89.8 Å². The van der Waals surface area contributed by atoms with Crippen LogP contribution in [-0.4, -0.2) is 5.78 Å². The first-order valence-corrected chi connectivity index (χ1v) is 14.5. The maximum absolute atomic E-state index is 13.8. The molecule has 0 radical (unpaired) electrons. The Kier molecular flexibility index (Phi) is 6.62. The third-order valence-electron chi connectivity index (χ3n) is 11.4. The molecule has 1 aromatic carbocycles. The average molecular weight is 461 g/mol. The lowest BCUT2D eigenvalue weighted by Crippen LogP contribution is -2.53. The van der Waals surface area contributed by atoms with Gasteiger partial charge in [0.15, 0.2) is 5.78 Å². The highest BCUT2D eigenvalue weighted by molar-refractivity contribution is 5.94. The smallest absolute Gasteiger partial charge is 0.159 e. The summed E-state index contributed by atoms with van der Waals surface area (Å²) in [4.78, 5) is 13.8. The van der Waals surface area contributed by atoms with Crippen LogP contribution in [-0.2, 0) is 4.79 Å². The minimum Gasteiger partial charge on any atom is -0.295 e. The van der Waals surface area contributed by atoms with Crippen molar-refractivity contribution in [1.29, 1.82) is 0 Å². The van der Waals surface area contributed by atoms with Crippen LogP contribution in [0, 0.1) is 46.3 Å². The minimum absolute atomic E-state index is 0.242. The summed E-state index contributed by atoms with van der Waals surface area (Å²) in [6, 6.07) is 11.0. The fourth-order valence-electron chi connectivity index (χ4n) is 9.44. The van der Waals surface area contributed by atoms with Crippen LogP contribution in [0.25, 0.3) is 0 Å². The molecule has 0 amide bonds. The third-order valence-corrected chi connectivity index (χ3v) is 11.4. The topological polar surface area (TPSA) is 17.1 Å². The highest BCUT2D eigenvalue weighted by atomic mass is 16.1. The van der Waals surface area contributed by atoms with Gasteiger partial charge >= 0.3 is 0 Å². The first kappa shape index (κ1) is 24.3. The molecule has 4 aliphatic carbocycles. The van der Waals surface area contributed by atoms with Crippen LogP contribution >= 0.6 is 0 Å². The van der Waals surface area contributed by atoms with Crippen LogP contribution in [0.4, 0.5) is 0 Å². The molecule has 0 unspecified atom stereocenters. The van der Waals surface area contributed by atoms with Gasteiger partial charge in [-0.3, -0.25) is 4.79 Å². The van der Waals surface area contributed by atoms with Crippen LogP contribution in [0.15, 0.2) is 42.0 Å². The minimum atomic E-state index is 0.242. The molecular formula is C33H48O. The van der Waals surface area contributed by atoms with Crippen LogP contribution in [0.3, 0.4) is 0 Å². The van der Waals surface area contributed by atoms with Gasteiger partial charge in [0.05, 0.1) is 0 Å². The monoisotopic (exact) mass is 460 g/mol. The van der Waals surface area contributed by atoms with E-state index in [4.69, 9.17) is 0 Å². The van der Waals surface area contributed by atoms with E-state index < -0.39 is 0 Å². The summed E-state index contributed by atoms with van der Waals surface area (Å²) in [5.41, 5.74) is 3.56. The summed E-state index contributed by atoms with van der Waals surface area (Å²) in [5.74, 6) is 4.97. The van der Waals surface area contributed by atoms with E-state index in [9.17, 15) is 4.79 Å². The molecule has 0 heterocycles. The number of carbonyl (C=O) groups is 1. The van der Waals surface area contributed by atoms with E-state index in [1.165, 1.54) is 68.9 Å². The molecular weight excluding hydrogens is 412 g/mol. The number of hydrogen-bond donors (Lipinski definition) is 0. The van der Waals surface area contributed by atoms with Gasteiger partial charge in [0, 0.05) is 5.92 Å². The summed E-state index contributed by atoms with van der Waals surface area (Å²) in [7, 11) is 0. The molecule has 0 saturated heterocycles. The van der Waals surface area contributed by atoms with Crippen molar-refractivity contribution >= 4 is 5.78 Å². The van der Waals surface area contributed by atoms with Crippen LogP contribution in [0.5, 0.6) is 0 Å². The zero-order chi connectivity index (χ0) is 24.1. The molecule has 1 aromatic rings. The lowest BCUT2D eigenvalue weighted by molar-refractivity contribution is -0.134. The molecule has 0 spiro atoms. The summed E-state index contributed by atoms with van der Waals surface area (Å²) < 4.78 is 0. The van der Waals surface area contributed by atoms with Gasteiger partial charge < -0.3 is 0 Å². The molecule has 0 aromatic heterocycles. The van der Waals surface area contributed by atoms with Crippen molar-refractivity contribution < 1.29 is 4.79 Å². The van der Waals surface area contributed by atoms with Crippen molar-refractivity contribution in [2.24, 2.45) is 46.3 Å². The van der Waals surface area contributed by atoms with Gasteiger partial charge in [0.1, 0.15) is 0 Å². The lowest BCUT2D eigenvalue weighted by atomic mass is 9.46. The summed E-state index contributed by atoms with van der Waals surface area (Å²) >= 11 is 0. The Morgan fingerprint density at radius 2 is 1.68 bits per heavy atom. The highest BCUT2D eigenvalue weighted by Crippen LogP contribution is 2.67. The lowest BCUT2D eigenvalue weighted by Gasteiger charge is -2.57. The fraction of sp³-hybridized carbons (Fsp3) is 0.727. The first-order chi connectivity index (χ1) is 16.2. The second kappa shape index (κ2) is 9.25. The van der Waals surface area contributed by atoms with Crippen molar-refractivity contribution in [1.82, 2.24) is 0 Å². The molecule has 8 atom stereocenters. The number of allylic oxidation sites excluding steroid dienone is 2. The Labute approximate surface area is 209 Å². The Morgan fingerprint density at radius 3 is 2.41 bits per heavy atom. The van der Waals surface area contributed by atoms with Crippen LogP contribution in [0.2, 0.25) is 0 Å². The van der Waals surface area contributed by atoms with Gasteiger partial charge in [-0.2, -0.15) is 0 Å². The maximum Gasteiger partial charge on any atom is 0.159 e. The summed E-state index contributed by atoms with van der Waals surface area (Å²) in [6.45, 7) is 12.4. The van der Waals surface area contributed by atoms with Crippen molar-refractivity contribution in [3.63, 3.8) is 0 Å². The molecule has 1 heteroatoms. The van der Waals surface area contributed by atoms with E-state index in [-0.39, 0.29) is 11.3 Å². The predicted octanol–water partition coefficient (Wildman–Crippen LogP) is 8.99. The largest absolute Gasteiger partial charge is 0.295 e. The predicted molar refractivity (Wildman–Crippen MR) is 143 cm³/mol. The maximum atomic E-state index is 13.8. The number of carbonyl (C=O) groups excluding carboxylic acids is 1. The van der Waals surface area contributed by atoms with Crippen molar-refractivity contribution in [2.45, 2.75) is 105 Å². The molecule has 3 saturated carbocycles. The normalized spacial score (nSPS) is 40.4. The van der Waals surface area contributed by atoms with E-state index >= 15 is 0 Å². The Morgan fingerprint density at radius 1 is 0.912 bits per heavy atom. The molecule has 34 heavy (non-hydrogen) atoms. The Bertz CT molecular complexity index is 912. The highest BCUT2D eigenvalue weighted by Gasteiger charge is 2.61. The molecule has 1 nitrogen and oxygen atoms in total. The van der Waals surface area contributed by atoms with E-state index in [1.54, 1.807) is 0 Å². The third kappa shape index (κ3) is 4.04. The molecule has 0 N–H and O–H groups in total. The van der Waals surface area contributed by atoms with Crippen molar-refractivity contribution in [3.8, 4) is 0 Å². The Balaban J connectivity index is 1.35. The Hall–Kier alpha value is -1.37. The van der Waals surface area contributed by atoms with E-state index in [2.05, 4.69) is 71.0 Å². The average Bonchev–Trinajstić information content (AvgIpc) is 3.17. The number of hydrogen-bond acceptors (Lipinski definition) is 1. The van der Waals surface area contributed by atoms with Crippen molar-refractivity contribution in [2.75, 3.05) is 0 Å². The molecule has 0 aliphatic heterocycles. The van der Waals surface area contributed by atoms with Crippen LogP contribution < -0.4 is 0 Å². The zero-order valence-corrected chi connectivity index (χ0v) is 22.5. The van der Waals surface area contributed by atoms with Gasteiger partial charge in [0.25, 0.3) is 0 Å². The van der Waals surface area contributed by atoms with Gasteiger partial charge in [-0.15, -0.1) is 0 Å². The van der Waals surface area contributed by atoms with Gasteiger partial charge in [0.2, 0.25) is 0 Å². The molecule has 5 rings (SSSR count).